The summed E-state index contributed by atoms with van der Waals surface area (Å²) in [5.41, 5.74) is 0.0986. The zero-order valence-electron chi connectivity index (χ0n) is 10.4. The first-order valence-electron chi connectivity index (χ1n) is 6.21. The van der Waals surface area contributed by atoms with Gasteiger partial charge < -0.3 is 9.47 Å². The van der Waals surface area contributed by atoms with Crippen LogP contribution in [0.15, 0.2) is 18.2 Å². The van der Waals surface area contributed by atoms with Crippen molar-refractivity contribution in [1.29, 1.82) is 0 Å². The van der Waals surface area contributed by atoms with E-state index in [1.54, 1.807) is 6.07 Å². The first kappa shape index (κ1) is 13.0. The number of hydrogen-bond donors (Lipinski definition) is 0. The summed E-state index contributed by atoms with van der Waals surface area (Å²) < 4.78 is 24.4. The molecule has 2 rings (SSSR count). The van der Waals surface area contributed by atoms with Crippen LogP contribution in [-0.4, -0.2) is 25.1 Å². The van der Waals surface area contributed by atoms with Gasteiger partial charge in [-0.05, 0) is 31.9 Å². The molecule has 0 bridgehead atoms. The molecule has 18 heavy (non-hydrogen) atoms. The molecule has 0 amide bonds. The molecule has 0 aliphatic carbocycles. The third kappa shape index (κ3) is 3.29. The third-order valence-electron chi connectivity index (χ3n) is 3.05. The van der Waals surface area contributed by atoms with E-state index in [4.69, 9.17) is 9.47 Å². The summed E-state index contributed by atoms with van der Waals surface area (Å²) >= 11 is 0. The van der Waals surface area contributed by atoms with Gasteiger partial charge in [0.2, 0.25) is 0 Å². The molecule has 0 N–H and O–H groups in total. The lowest BCUT2D eigenvalue weighted by molar-refractivity contribution is 0.0903. The lowest BCUT2D eigenvalue weighted by atomic mass is 10.1. The Morgan fingerprint density at radius 2 is 2.39 bits per heavy atom. The van der Waals surface area contributed by atoms with Crippen LogP contribution in [0.5, 0.6) is 5.75 Å². The average molecular weight is 252 g/mol. The summed E-state index contributed by atoms with van der Waals surface area (Å²) in [6, 6.07) is 4.33. The molecule has 0 radical (unpaired) electrons. The summed E-state index contributed by atoms with van der Waals surface area (Å²) in [5, 5.41) is 0. The summed E-state index contributed by atoms with van der Waals surface area (Å²) in [6.07, 6.45) is 3.26. The number of ether oxygens (including phenoxy) is 2. The number of ketones is 1. The molecular weight excluding hydrogens is 235 g/mol. The van der Waals surface area contributed by atoms with Crippen molar-refractivity contribution in [2.75, 3.05) is 13.2 Å². The minimum atomic E-state index is -0.530. The molecule has 1 saturated heterocycles. The summed E-state index contributed by atoms with van der Waals surface area (Å²) in [7, 11) is 0. The number of carbonyl (C=O) groups is 1. The van der Waals surface area contributed by atoms with Crippen molar-refractivity contribution in [3.63, 3.8) is 0 Å². The van der Waals surface area contributed by atoms with E-state index in [1.165, 1.54) is 19.1 Å². The van der Waals surface area contributed by atoms with E-state index < -0.39 is 5.82 Å². The maximum Gasteiger partial charge on any atom is 0.162 e. The fourth-order valence-electron chi connectivity index (χ4n) is 2.05. The van der Waals surface area contributed by atoms with E-state index >= 15 is 0 Å². The molecule has 1 heterocycles. The van der Waals surface area contributed by atoms with Crippen molar-refractivity contribution in [2.24, 2.45) is 0 Å². The Labute approximate surface area is 106 Å². The molecule has 0 spiro atoms. The molecule has 4 heteroatoms. The maximum absolute atomic E-state index is 13.5. The number of halogens is 1. The monoisotopic (exact) mass is 252 g/mol. The highest BCUT2D eigenvalue weighted by Crippen LogP contribution is 2.19. The van der Waals surface area contributed by atoms with E-state index in [0.29, 0.717) is 12.4 Å². The van der Waals surface area contributed by atoms with Crippen LogP contribution in [0.2, 0.25) is 0 Å². The first-order valence-corrected chi connectivity index (χ1v) is 6.21. The predicted molar refractivity (Wildman–Crippen MR) is 65.5 cm³/mol. The van der Waals surface area contributed by atoms with Crippen LogP contribution in [0.3, 0.4) is 0 Å². The minimum absolute atomic E-state index is 0.0986. The summed E-state index contributed by atoms with van der Waals surface area (Å²) in [5.74, 6) is -0.356. The van der Waals surface area contributed by atoms with E-state index in [9.17, 15) is 9.18 Å². The van der Waals surface area contributed by atoms with Gasteiger partial charge in [0.05, 0.1) is 18.3 Å². The molecule has 1 unspecified atom stereocenters. The SMILES string of the molecule is CC(=O)c1ccc(OCCC2CCCO2)cc1F. The number of benzene rings is 1. The van der Waals surface area contributed by atoms with Crippen molar-refractivity contribution in [2.45, 2.75) is 32.3 Å². The summed E-state index contributed by atoms with van der Waals surface area (Å²) in [6.45, 7) is 2.67. The molecule has 0 aromatic heterocycles. The fourth-order valence-corrected chi connectivity index (χ4v) is 2.05. The van der Waals surface area contributed by atoms with Gasteiger partial charge in [-0.1, -0.05) is 0 Å². The van der Waals surface area contributed by atoms with Gasteiger partial charge in [0, 0.05) is 19.1 Å². The van der Waals surface area contributed by atoms with Gasteiger partial charge in [0.1, 0.15) is 11.6 Å². The Kier molecular flexibility index (Phi) is 4.31. The zero-order valence-corrected chi connectivity index (χ0v) is 10.4. The fraction of sp³-hybridized carbons (Fsp3) is 0.500. The summed E-state index contributed by atoms with van der Waals surface area (Å²) in [4.78, 5) is 11.1. The van der Waals surface area contributed by atoms with Crippen LogP contribution in [0.4, 0.5) is 4.39 Å². The molecule has 1 fully saturated rings. The van der Waals surface area contributed by atoms with Crippen molar-refractivity contribution in [1.82, 2.24) is 0 Å². The first-order chi connectivity index (χ1) is 8.66. The van der Waals surface area contributed by atoms with E-state index in [-0.39, 0.29) is 17.5 Å². The van der Waals surface area contributed by atoms with Gasteiger partial charge in [0.15, 0.2) is 5.78 Å². The second kappa shape index (κ2) is 5.96. The molecule has 1 atom stereocenters. The average Bonchev–Trinajstić information content (AvgIpc) is 2.81. The Hall–Kier alpha value is -1.42. The van der Waals surface area contributed by atoms with Gasteiger partial charge >= 0.3 is 0 Å². The van der Waals surface area contributed by atoms with E-state index in [2.05, 4.69) is 0 Å². The zero-order chi connectivity index (χ0) is 13.0. The molecule has 1 aliphatic rings. The quantitative estimate of drug-likeness (QED) is 0.756. The maximum atomic E-state index is 13.5. The van der Waals surface area contributed by atoms with Crippen LogP contribution >= 0.6 is 0 Å². The molecule has 98 valence electrons. The van der Waals surface area contributed by atoms with Crippen LogP contribution in [0.1, 0.15) is 36.5 Å². The predicted octanol–water partition coefficient (Wildman–Crippen LogP) is 2.98. The van der Waals surface area contributed by atoms with Crippen molar-refractivity contribution < 1.29 is 18.7 Å². The third-order valence-corrected chi connectivity index (χ3v) is 3.05. The topological polar surface area (TPSA) is 35.5 Å². The standard InChI is InChI=1S/C14H17FO3/c1-10(16)13-5-4-12(9-14(13)15)18-8-6-11-3-2-7-17-11/h4-5,9,11H,2-3,6-8H2,1H3. The van der Waals surface area contributed by atoms with Gasteiger partial charge in [-0.2, -0.15) is 0 Å². The number of carbonyl (C=O) groups excluding carboxylic acids is 1. The number of hydrogen-bond acceptors (Lipinski definition) is 3. The van der Waals surface area contributed by atoms with E-state index in [1.807, 2.05) is 0 Å². The Bertz CT molecular complexity index is 425. The molecule has 1 aromatic rings. The van der Waals surface area contributed by atoms with Gasteiger partial charge in [-0.3, -0.25) is 4.79 Å². The van der Waals surface area contributed by atoms with Crippen molar-refractivity contribution in [3.05, 3.63) is 29.6 Å². The largest absolute Gasteiger partial charge is 0.493 e. The molecular formula is C14H17FO3. The van der Waals surface area contributed by atoms with Crippen LogP contribution in [0.25, 0.3) is 0 Å². The molecule has 1 aliphatic heterocycles. The lowest BCUT2D eigenvalue weighted by Crippen LogP contribution is -2.11. The molecule has 0 saturated carbocycles. The molecule has 1 aromatic carbocycles. The molecule has 3 nitrogen and oxygen atoms in total. The highest BCUT2D eigenvalue weighted by Gasteiger charge is 2.15. The second-order valence-corrected chi connectivity index (χ2v) is 4.47. The Morgan fingerprint density at radius 3 is 3.00 bits per heavy atom. The van der Waals surface area contributed by atoms with Crippen molar-refractivity contribution in [3.8, 4) is 5.75 Å². The number of rotatable bonds is 5. The van der Waals surface area contributed by atoms with Crippen LogP contribution in [0, 0.1) is 5.82 Å². The highest BCUT2D eigenvalue weighted by atomic mass is 19.1. The van der Waals surface area contributed by atoms with Gasteiger partial charge in [0.25, 0.3) is 0 Å². The Morgan fingerprint density at radius 1 is 1.56 bits per heavy atom. The smallest absolute Gasteiger partial charge is 0.162 e. The second-order valence-electron chi connectivity index (χ2n) is 4.47. The lowest BCUT2D eigenvalue weighted by Gasteiger charge is -2.11. The highest BCUT2D eigenvalue weighted by molar-refractivity contribution is 5.94. The van der Waals surface area contributed by atoms with Crippen molar-refractivity contribution >= 4 is 5.78 Å². The Balaban J connectivity index is 1.85. The normalized spacial score (nSPS) is 18.9. The minimum Gasteiger partial charge on any atom is -0.493 e. The number of Topliss-reactive ketones (excluding diaryl/α,β-unsaturated/α-hetero) is 1. The van der Waals surface area contributed by atoms with Gasteiger partial charge in [-0.15, -0.1) is 0 Å². The van der Waals surface area contributed by atoms with Crippen LogP contribution in [-0.2, 0) is 4.74 Å². The van der Waals surface area contributed by atoms with Crippen LogP contribution < -0.4 is 4.74 Å². The van der Waals surface area contributed by atoms with Gasteiger partial charge in [-0.25, -0.2) is 4.39 Å². The van der Waals surface area contributed by atoms with E-state index in [0.717, 1.165) is 25.9 Å².